The van der Waals surface area contributed by atoms with Crippen LogP contribution in [0.25, 0.3) is 0 Å². The second kappa shape index (κ2) is 6.60. The molecule has 1 atom stereocenters. The summed E-state index contributed by atoms with van der Waals surface area (Å²) < 4.78 is 0. The molecule has 3 heterocycles. The van der Waals surface area contributed by atoms with Gasteiger partial charge >= 0.3 is 0 Å². The molecule has 0 saturated carbocycles. The number of nitrogens with one attached hydrogen (secondary N) is 1. The highest BCUT2D eigenvalue weighted by Gasteiger charge is 2.35. The number of carbonyl (C=O) groups excluding carboxylic acids is 1. The predicted octanol–water partition coefficient (Wildman–Crippen LogP) is 1.52. The van der Waals surface area contributed by atoms with Gasteiger partial charge in [-0.2, -0.15) is 0 Å². The van der Waals surface area contributed by atoms with Gasteiger partial charge in [0.25, 0.3) is 0 Å². The molecule has 2 saturated heterocycles. The zero-order chi connectivity index (χ0) is 15.5. The van der Waals surface area contributed by atoms with Crippen LogP contribution < -0.4 is 5.32 Å². The SMILES string of the molecule is CNc1cncc(C2CCCN2C(=O)C2CCN(C)CC2)n1. The summed E-state index contributed by atoms with van der Waals surface area (Å²) in [5.74, 6) is 1.25. The Morgan fingerprint density at radius 3 is 2.73 bits per heavy atom. The fraction of sp³-hybridized carbons (Fsp3) is 0.688. The number of rotatable bonds is 3. The van der Waals surface area contributed by atoms with E-state index in [0.717, 1.165) is 56.8 Å². The number of hydrogen-bond acceptors (Lipinski definition) is 5. The van der Waals surface area contributed by atoms with Crippen LogP contribution in [0.5, 0.6) is 0 Å². The molecular formula is C16H25N5O. The minimum atomic E-state index is 0.0907. The fourth-order valence-corrected chi connectivity index (χ4v) is 3.49. The number of likely N-dealkylation sites (tertiary alicyclic amines) is 2. The molecule has 2 aliphatic heterocycles. The lowest BCUT2D eigenvalue weighted by molar-refractivity contribution is -0.138. The van der Waals surface area contributed by atoms with Gasteiger partial charge in [-0.3, -0.25) is 9.78 Å². The molecule has 6 nitrogen and oxygen atoms in total. The van der Waals surface area contributed by atoms with Crippen molar-refractivity contribution in [3.8, 4) is 0 Å². The Balaban J connectivity index is 1.73. The minimum Gasteiger partial charge on any atom is -0.372 e. The quantitative estimate of drug-likeness (QED) is 0.917. The molecule has 0 spiro atoms. The lowest BCUT2D eigenvalue weighted by Crippen LogP contribution is -2.41. The number of anilines is 1. The van der Waals surface area contributed by atoms with Crippen LogP contribution in [0, 0.1) is 5.92 Å². The second-order valence-corrected chi connectivity index (χ2v) is 6.35. The molecular weight excluding hydrogens is 278 g/mol. The molecule has 2 fully saturated rings. The van der Waals surface area contributed by atoms with Crippen molar-refractivity contribution in [3.05, 3.63) is 18.1 Å². The minimum absolute atomic E-state index is 0.0907. The Kier molecular flexibility index (Phi) is 4.57. The van der Waals surface area contributed by atoms with Crippen molar-refractivity contribution in [3.63, 3.8) is 0 Å². The van der Waals surface area contributed by atoms with Crippen LogP contribution in [0.1, 0.15) is 37.4 Å². The predicted molar refractivity (Wildman–Crippen MR) is 85.5 cm³/mol. The lowest BCUT2D eigenvalue weighted by Gasteiger charge is -2.33. The van der Waals surface area contributed by atoms with E-state index in [4.69, 9.17) is 0 Å². The molecule has 1 amide bonds. The Bertz CT molecular complexity index is 527. The Hall–Kier alpha value is -1.69. The van der Waals surface area contributed by atoms with Gasteiger partial charge in [0, 0.05) is 19.5 Å². The van der Waals surface area contributed by atoms with Gasteiger partial charge in [-0.25, -0.2) is 4.98 Å². The van der Waals surface area contributed by atoms with Crippen molar-refractivity contribution in [1.82, 2.24) is 19.8 Å². The van der Waals surface area contributed by atoms with Crippen LogP contribution in [-0.4, -0.2) is 59.4 Å². The Labute approximate surface area is 131 Å². The summed E-state index contributed by atoms with van der Waals surface area (Å²) in [4.78, 5) is 26.1. The summed E-state index contributed by atoms with van der Waals surface area (Å²) in [6.45, 7) is 2.88. The molecule has 22 heavy (non-hydrogen) atoms. The van der Waals surface area contributed by atoms with E-state index in [1.807, 2.05) is 11.9 Å². The number of piperidine rings is 1. The van der Waals surface area contributed by atoms with Crippen LogP contribution >= 0.6 is 0 Å². The van der Waals surface area contributed by atoms with Crippen molar-refractivity contribution < 1.29 is 4.79 Å². The van der Waals surface area contributed by atoms with Crippen LogP contribution in [-0.2, 0) is 4.79 Å². The average molecular weight is 303 g/mol. The van der Waals surface area contributed by atoms with Crippen LogP contribution in [0.4, 0.5) is 5.82 Å². The van der Waals surface area contributed by atoms with E-state index in [9.17, 15) is 4.79 Å². The van der Waals surface area contributed by atoms with E-state index in [2.05, 4.69) is 27.2 Å². The molecule has 1 unspecified atom stereocenters. The van der Waals surface area contributed by atoms with Crippen molar-refractivity contribution in [1.29, 1.82) is 0 Å². The molecule has 0 radical (unpaired) electrons. The van der Waals surface area contributed by atoms with Crippen LogP contribution in [0.3, 0.4) is 0 Å². The number of hydrogen-bond donors (Lipinski definition) is 1. The van der Waals surface area contributed by atoms with Gasteiger partial charge in [0.2, 0.25) is 5.91 Å². The molecule has 0 aromatic carbocycles. The standard InChI is InChI=1S/C16H25N5O/c1-17-15-11-18-10-13(19-15)14-4-3-7-21(14)16(22)12-5-8-20(2)9-6-12/h10-12,14H,3-9H2,1-2H3,(H,17,19). The molecule has 120 valence electrons. The molecule has 1 aromatic heterocycles. The highest BCUT2D eigenvalue weighted by molar-refractivity contribution is 5.79. The Morgan fingerprint density at radius 1 is 1.23 bits per heavy atom. The topological polar surface area (TPSA) is 61.4 Å². The monoisotopic (exact) mass is 303 g/mol. The van der Waals surface area contributed by atoms with Crippen molar-refractivity contribution in [2.45, 2.75) is 31.7 Å². The smallest absolute Gasteiger partial charge is 0.226 e. The zero-order valence-corrected chi connectivity index (χ0v) is 13.5. The number of aromatic nitrogens is 2. The van der Waals surface area contributed by atoms with Crippen LogP contribution in [0.2, 0.25) is 0 Å². The van der Waals surface area contributed by atoms with Crippen molar-refractivity contribution in [2.75, 3.05) is 39.0 Å². The highest BCUT2D eigenvalue weighted by atomic mass is 16.2. The summed E-state index contributed by atoms with van der Waals surface area (Å²) in [7, 11) is 3.96. The van der Waals surface area contributed by atoms with Gasteiger partial charge in [0.1, 0.15) is 5.82 Å². The summed E-state index contributed by atoms with van der Waals surface area (Å²) in [6, 6.07) is 0.0907. The second-order valence-electron chi connectivity index (χ2n) is 6.35. The maximum atomic E-state index is 12.9. The Morgan fingerprint density at radius 2 is 2.00 bits per heavy atom. The van der Waals surface area contributed by atoms with E-state index in [1.54, 1.807) is 12.4 Å². The van der Waals surface area contributed by atoms with E-state index in [-0.39, 0.29) is 12.0 Å². The van der Waals surface area contributed by atoms with Gasteiger partial charge < -0.3 is 15.1 Å². The van der Waals surface area contributed by atoms with Gasteiger partial charge in [-0.1, -0.05) is 0 Å². The average Bonchev–Trinajstić information content (AvgIpc) is 3.04. The third kappa shape index (κ3) is 3.06. The normalized spacial score (nSPS) is 23.7. The first-order valence-corrected chi connectivity index (χ1v) is 8.17. The molecule has 3 rings (SSSR count). The zero-order valence-electron chi connectivity index (χ0n) is 13.5. The van der Waals surface area contributed by atoms with Crippen LogP contribution in [0.15, 0.2) is 12.4 Å². The van der Waals surface area contributed by atoms with E-state index < -0.39 is 0 Å². The summed E-state index contributed by atoms with van der Waals surface area (Å²) in [5.41, 5.74) is 0.908. The first-order chi connectivity index (χ1) is 10.7. The maximum absolute atomic E-state index is 12.9. The summed E-state index contributed by atoms with van der Waals surface area (Å²) in [6.07, 6.45) is 7.49. The third-order valence-corrected chi connectivity index (χ3v) is 4.85. The number of nitrogens with zero attached hydrogens (tertiary/aromatic N) is 4. The molecule has 1 N–H and O–H groups in total. The largest absolute Gasteiger partial charge is 0.372 e. The molecule has 1 aromatic rings. The van der Waals surface area contributed by atoms with Crippen molar-refractivity contribution >= 4 is 11.7 Å². The van der Waals surface area contributed by atoms with E-state index >= 15 is 0 Å². The first kappa shape index (κ1) is 15.2. The van der Waals surface area contributed by atoms with Gasteiger partial charge in [0.05, 0.1) is 24.1 Å². The maximum Gasteiger partial charge on any atom is 0.226 e. The molecule has 2 aliphatic rings. The van der Waals surface area contributed by atoms with E-state index in [0.29, 0.717) is 5.91 Å². The number of carbonyl (C=O) groups is 1. The lowest BCUT2D eigenvalue weighted by atomic mass is 9.95. The summed E-state index contributed by atoms with van der Waals surface area (Å²) >= 11 is 0. The van der Waals surface area contributed by atoms with Gasteiger partial charge in [0.15, 0.2) is 0 Å². The summed E-state index contributed by atoms with van der Waals surface area (Å²) in [5, 5.41) is 3.02. The molecule has 6 heteroatoms. The van der Waals surface area contributed by atoms with E-state index in [1.165, 1.54) is 0 Å². The fourth-order valence-electron chi connectivity index (χ4n) is 3.49. The van der Waals surface area contributed by atoms with Gasteiger partial charge in [-0.15, -0.1) is 0 Å². The first-order valence-electron chi connectivity index (χ1n) is 8.17. The third-order valence-electron chi connectivity index (χ3n) is 4.85. The number of amides is 1. The van der Waals surface area contributed by atoms with Gasteiger partial charge in [-0.05, 0) is 45.8 Å². The molecule has 0 aliphatic carbocycles. The van der Waals surface area contributed by atoms with Crippen molar-refractivity contribution in [2.24, 2.45) is 5.92 Å². The molecule has 0 bridgehead atoms. The highest BCUT2D eigenvalue weighted by Crippen LogP contribution is 2.33.